The van der Waals surface area contributed by atoms with Crippen LogP contribution in [0.15, 0.2) is 50.6 Å². The number of anilines is 2. The summed E-state index contributed by atoms with van der Waals surface area (Å²) in [6.07, 6.45) is 0.727. The topological polar surface area (TPSA) is 98.7 Å². The molecule has 1 heterocycles. The largest absolute Gasteiger partial charge is 0.509 e. The highest BCUT2D eigenvalue weighted by molar-refractivity contribution is 8.04. The molecule has 3 rings (SSSR count). The number of amides is 1. The summed E-state index contributed by atoms with van der Waals surface area (Å²) in [5.41, 5.74) is 0.205. The Kier molecular flexibility index (Phi) is 6.02. The lowest BCUT2D eigenvalue weighted by molar-refractivity contribution is -0.124. The summed E-state index contributed by atoms with van der Waals surface area (Å²) in [6.45, 7) is 3.85. The molecular weight excluding hydrogens is 390 g/mol. The number of nitrogens with zero attached hydrogens (tertiary/aromatic N) is 1. The van der Waals surface area contributed by atoms with E-state index >= 15 is 0 Å². The Morgan fingerprint density at radius 3 is 2.38 bits per heavy atom. The molecule has 0 aromatic heterocycles. The Bertz CT molecular complexity index is 1010. The number of aliphatic hydroxyl groups excluding tert-OH is 1. The fourth-order valence-electron chi connectivity index (χ4n) is 3.33. The lowest BCUT2D eigenvalue weighted by Crippen LogP contribution is -2.42. The van der Waals surface area contributed by atoms with Crippen molar-refractivity contribution in [1.82, 2.24) is 4.90 Å². The molecule has 0 spiro atoms. The van der Waals surface area contributed by atoms with E-state index in [0.717, 1.165) is 12.0 Å². The van der Waals surface area contributed by atoms with E-state index in [-0.39, 0.29) is 39.2 Å². The fourth-order valence-corrected chi connectivity index (χ4v) is 4.57. The van der Waals surface area contributed by atoms with Gasteiger partial charge in [0.15, 0.2) is 0 Å². The third-order valence-electron chi connectivity index (χ3n) is 5.04. The number of hydrogen-bond donors (Lipinski definition) is 3. The lowest BCUT2D eigenvalue weighted by atomic mass is 10.0. The normalized spacial score (nSPS) is 20.0. The summed E-state index contributed by atoms with van der Waals surface area (Å²) in [4.78, 5) is 38.3. The number of aliphatic hydroxyl groups is 1. The summed E-state index contributed by atoms with van der Waals surface area (Å²) in [6, 6.07) is 8.94. The van der Waals surface area contributed by atoms with Gasteiger partial charge in [-0.25, -0.2) is 0 Å². The molecule has 3 N–H and O–H groups in total. The van der Waals surface area contributed by atoms with E-state index in [2.05, 4.69) is 10.6 Å². The van der Waals surface area contributed by atoms with Gasteiger partial charge in [0, 0.05) is 19.3 Å². The molecule has 8 heteroatoms. The van der Waals surface area contributed by atoms with E-state index in [1.807, 2.05) is 44.2 Å². The van der Waals surface area contributed by atoms with E-state index in [4.69, 9.17) is 0 Å². The second-order valence-electron chi connectivity index (χ2n) is 7.28. The van der Waals surface area contributed by atoms with Crippen molar-refractivity contribution < 1.29 is 9.90 Å². The number of benzene rings is 1. The van der Waals surface area contributed by atoms with Crippen molar-refractivity contribution in [3.8, 4) is 0 Å². The van der Waals surface area contributed by atoms with Crippen LogP contribution in [-0.2, 0) is 4.79 Å². The van der Waals surface area contributed by atoms with Gasteiger partial charge in [-0.2, -0.15) is 0 Å². The van der Waals surface area contributed by atoms with Gasteiger partial charge in [-0.15, -0.1) is 11.8 Å². The van der Waals surface area contributed by atoms with Gasteiger partial charge in [0.25, 0.3) is 16.8 Å². The monoisotopic (exact) mass is 415 g/mol. The molecule has 1 aliphatic heterocycles. The maximum Gasteiger partial charge on any atom is 0.263 e. The molecule has 0 aliphatic carbocycles. The summed E-state index contributed by atoms with van der Waals surface area (Å²) >= 11 is 1.25. The van der Waals surface area contributed by atoms with Crippen LogP contribution in [0, 0.1) is 0 Å². The first kappa shape index (κ1) is 21.0. The second kappa shape index (κ2) is 8.32. The molecule has 7 nitrogen and oxygen atoms in total. The van der Waals surface area contributed by atoms with Crippen LogP contribution in [0.4, 0.5) is 11.4 Å². The van der Waals surface area contributed by atoms with Crippen molar-refractivity contribution in [2.75, 3.05) is 24.7 Å². The van der Waals surface area contributed by atoms with Crippen LogP contribution in [0.25, 0.3) is 0 Å². The molecule has 1 aliphatic rings. The molecule has 1 amide bonds. The molecule has 154 valence electrons. The summed E-state index contributed by atoms with van der Waals surface area (Å²) in [5.74, 6) is -0.391. The molecule has 29 heavy (non-hydrogen) atoms. The average molecular weight is 416 g/mol. The molecule has 0 fully saturated rings. The van der Waals surface area contributed by atoms with E-state index < -0.39 is 16.9 Å². The highest BCUT2D eigenvalue weighted by atomic mass is 32.2. The number of likely N-dealkylation sites (N-methyl/N-ethyl adjacent to an activating group) is 1. The maximum absolute atomic E-state index is 12.3. The van der Waals surface area contributed by atoms with Crippen LogP contribution >= 0.6 is 11.8 Å². The van der Waals surface area contributed by atoms with Crippen LogP contribution in [0.2, 0.25) is 0 Å². The first-order valence-electron chi connectivity index (χ1n) is 9.49. The number of rotatable bonds is 7. The van der Waals surface area contributed by atoms with Crippen LogP contribution in [-0.4, -0.2) is 41.3 Å². The molecular formula is C21H25N3O4S. The van der Waals surface area contributed by atoms with Gasteiger partial charge in [0.05, 0.1) is 12.1 Å². The Balaban J connectivity index is 1.85. The lowest BCUT2D eigenvalue weighted by Gasteiger charge is -2.25. The number of thioether (sulfide) groups is 1. The van der Waals surface area contributed by atoms with Gasteiger partial charge in [0.2, 0.25) is 0 Å². The van der Waals surface area contributed by atoms with Crippen LogP contribution in [0.1, 0.15) is 31.9 Å². The quantitative estimate of drug-likeness (QED) is 0.598. The molecule has 0 radical (unpaired) electrons. The second-order valence-corrected chi connectivity index (χ2v) is 8.67. The standard InChI is InChI=1S/C21H25N3O4S/c1-5-13(12-9-7-6-8-10-12)22-15-16(18(26)17(15)25)23-14-11(2)29-20(19(14)27)21(28)24(3)4/h6-11,13-14,22-23,27H,5H2,1-4H3/t11?,13-,14?/m1/s1. The Morgan fingerprint density at radius 1 is 1.17 bits per heavy atom. The minimum Gasteiger partial charge on any atom is -0.509 e. The van der Waals surface area contributed by atoms with Crippen molar-refractivity contribution in [3.05, 3.63) is 67.0 Å². The van der Waals surface area contributed by atoms with Gasteiger partial charge >= 0.3 is 0 Å². The molecule has 2 aromatic rings. The SMILES string of the molecule is CC[C@@H](Nc1c(NC2C(O)=C(C(=O)N(C)C)SC2C)c(=O)c1=O)c1ccccc1. The third kappa shape index (κ3) is 3.89. The number of hydrogen-bond acceptors (Lipinski definition) is 7. The Hall–Kier alpha value is -2.74. The number of carbonyl (C=O) groups excluding carboxylic acids is 1. The van der Waals surface area contributed by atoms with Crippen molar-refractivity contribution in [3.63, 3.8) is 0 Å². The zero-order valence-corrected chi connectivity index (χ0v) is 17.7. The van der Waals surface area contributed by atoms with Gasteiger partial charge in [-0.05, 0) is 12.0 Å². The fraction of sp³-hybridized carbons (Fsp3) is 0.381. The van der Waals surface area contributed by atoms with Crippen LogP contribution in [0.3, 0.4) is 0 Å². The highest BCUT2D eigenvalue weighted by Gasteiger charge is 2.38. The van der Waals surface area contributed by atoms with Crippen molar-refractivity contribution in [2.45, 2.75) is 37.6 Å². The molecule has 3 atom stereocenters. The van der Waals surface area contributed by atoms with E-state index in [0.29, 0.717) is 0 Å². The number of nitrogens with one attached hydrogen (secondary N) is 2. The minimum atomic E-state index is -0.625. The summed E-state index contributed by atoms with van der Waals surface area (Å²) in [7, 11) is 3.23. The van der Waals surface area contributed by atoms with Crippen LogP contribution < -0.4 is 21.5 Å². The third-order valence-corrected chi connectivity index (χ3v) is 6.30. The predicted octanol–water partition coefficient (Wildman–Crippen LogP) is 2.62. The smallest absolute Gasteiger partial charge is 0.263 e. The van der Waals surface area contributed by atoms with E-state index in [1.165, 1.54) is 16.7 Å². The van der Waals surface area contributed by atoms with Gasteiger partial charge < -0.3 is 20.6 Å². The number of carbonyl (C=O) groups is 1. The molecule has 0 bridgehead atoms. The molecule has 0 saturated heterocycles. The van der Waals surface area contributed by atoms with Crippen molar-refractivity contribution >= 4 is 29.0 Å². The van der Waals surface area contributed by atoms with Gasteiger partial charge in [-0.3, -0.25) is 14.4 Å². The summed E-state index contributed by atoms with van der Waals surface area (Å²) < 4.78 is 0. The summed E-state index contributed by atoms with van der Waals surface area (Å²) in [5, 5.41) is 16.6. The van der Waals surface area contributed by atoms with Crippen LogP contribution in [0.5, 0.6) is 0 Å². The van der Waals surface area contributed by atoms with Crippen molar-refractivity contribution in [1.29, 1.82) is 0 Å². The first-order chi connectivity index (χ1) is 13.8. The Morgan fingerprint density at radius 2 is 1.79 bits per heavy atom. The first-order valence-corrected chi connectivity index (χ1v) is 10.4. The minimum absolute atomic E-state index is 0.102. The molecule has 2 aromatic carbocycles. The van der Waals surface area contributed by atoms with Gasteiger partial charge in [-0.1, -0.05) is 44.2 Å². The maximum atomic E-state index is 12.3. The average Bonchev–Trinajstić information content (AvgIpc) is 3.00. The Labute approximate surface area is 173 Å². The molecule has 0 saturated carbocycles. The van der Waals surface area contributed by atoms with E-state index in [9.17, 15) is 19.5 Å². The highest BCUT2D eigenvalue weighted by Crippen LogP contribution is 2.39. The zero-order chi connectivity index (χ0) is 21.3. The van der Waals surface area contributed by atoms with Crippen molar-refractivity contribution in [2.24, 2.45) is 0 Å². The van der Waals surface area contributed by atoms with E-state index in [1.54, 1.807) is 14.1 Å². The molecule has 2 unspecified atom stereocenters. The predicted molar refractivity (Wildman–Crippen MR) is 117 cm³/mol. The van der Waals surface area contributed by atoms with Gasteiger partial charge in [0.1, 0.15) is 22.0 Å². The zero-order valence-electron chi connectivity index (χ0n) is 16.9.